The number of aliphatic hydroxyl groups excluding tert-OH is 1. The maximum atomic E-state index is 13.5. The van der Waals surface area contributed by atoms with E-state index < -0.39 is 69.4 Å². The minimum atomic E-state index is -3.90. The van der Waals surface area contributed by atoms with Gasteiger partial charge in [-0.2, -0.15) is 5.10 Å². The molecule has 1 aromatic rings. The minimum absolute atomic E-state index is 0.0140. The Balaban J connectivity index is 3.06. The Bertz CT molecular complexity index is 1280. The van der Waals surface area contributed by atoms with Crippen LogP contribution in [0.25, 0.3) is 0 Å². The number of nitrogens with one attached hydrogen (secondary N) is 4. The second kappa shape index (κ2) is 19.7. The molecule has 15 heteroatoms. The van der Waals surface area contributed by atoms with Crippen molar-refractivity contribution >= 4 is 33.5 Å². The molecule has 1 rings (SSSR count). The molecule has 1 heterocycles. The molecule has 270 valence electrons. The van der Waals surface area contributed by atoms with E-state index in [0.29, 0.717) is 13.0 Å². The van der Waals surface area contributed by atoms with E-state index in [1.54, 1.807) is 11.6 Å². The zero-order chi connectivity index (χ0) is 36.1. The number of nitrogens with zero attached hydrogens (tertiary/aromatic N) is 2. The van der Waals surface area contributed by atoms with Gasteiger partial charge in [-0.1, -0.05) is 48.5 Å². The van der Waals surface area contributed by atoms with Crippen LogP contribution in [0.15, 0.2) is 6.07 Å². The van der Waals surface area contributed by atoms with Gasteiger partial charge in [0.2, 0.25) is 23.6 Å². The fraction of sp³-hybridized carbons (Fsp3) is 0.781. The first-order valence-electron chi connectivity index (χ1n) is 16.3. The lowest BCUT2D eigenvalue weighted by Crippen LogP contribution is -2.56. The smallest absolute Gasteiger partial charge is 0.243 e. The molecular weight excluding hydrogens is 628 g/mol. The van der Waals surface area contributed by atoms with Gasteiger partial charge in [-0.3, -0.25) is 23.9 Å². The molecule has 0 aliphatic heterocycles. The quantitative estimate of drug-likeness (QED) is 0.126. The van der Waals surface area contributed by atoms with Crippen molar-refractivity contribution in [1.29, 1.82) is 0 Å². The van der Waals surface area contributed by atoms with Gasteiger partial charge in [0, 0.05) is 38.2 Å². The van der Waals surface area contributed by atoms with Crippen molar-refractivity contribution in [3.05, 3.63) is 17.5 Å². The lowest BCUT2D eigenvalue weighted by Gasteiger charge is -2.30. The number of ether oxygens (including phenoxy) is 1. The monoisotopic (exact) mass is 686 g/mol. The molecule has 0 bridgehead atoms. The number of methoxy groups -OCH3 is 1. The van der Waals surface area contributed by atoms with Gasteiger partial charge in [0.15, 0.2) is 9.84 Å². The van der Waals surface area contributed by atoms with Crippen molar-refractivity contribution < 1.29 is 37.4 Å². The fourth-order valence-electron chi connectivity index (χ4n) is 5.02. The molecule has 14 nitrogen and oxygen atoms in total. The van der Waals surface area contributed by atoms with E-state index in [2.05, 4.69) is 26.4 Å². The number of hydrogen-bond donors (Lipinski definition) is 5. The van der Waals surface area contributed by atoms with E-state index in [4.69, 9.17) is 4.74 Å². The summed E-state index contributed by atoms with van der Waals surface area (Å²) in [5.41, 5.74) is 1.65. The van der Waals surface area contributed by atoms with Gasteiger partial charge in [0.05, 0.1) is 23.6 Å². The van der Waals surface area contributed by atoms with Crippen molar-refractivity contribution in [1.82, 2.24) is 31.0 Å². The number of carbonyl (C=O) groups is 4. The highest BCUT2D eigenvalue weighted by molar-refractivity contribution is 7.91. The SMILES string of the molecule is COCS(=O)(=O)C[C@H](NC(=O)CCn1nc(C)cc1C)C(=O)N[C@H](CC(C)C)[C@@H](O)C[C@@H](C)C(=O)N[C@@H](C(=O)NCC(C)C)C(C)C. The van der Waals surface area contributed by atoms with Gasteiger partial charge < -0.3 is 31.1 Å². The maximum Gasteiger partial charge on any atom is 0.243 e. The predicted molar refractivity (Wildman–Crippen MR) is 180 cm³/mol. The largest absolute Gasteiger partial charge is 0.391 e. The third-order valence-electron chi connectivity index (χ3n) is 7.52. The van der Waals surface area contributed by atoms with Gasteiger partial charge in [0.25, 0.3) is 0 Å². The average Bonchev–Trinajstić information content (AvgIpc) is 3.27. The lowest BCUT2D eigenvalue weighted by atomic mass is 9.91. The molecule has 1 aromatic heterocycles. The van der Waals surface area contributed by atoms with Crippen molar-refractivity contribution in [3.63, 3.8) is 0 Å². The Morgan fingerprint density at radius 3 is 2.06 bits per heavy atom. The van der Waals surface area contributed by atoms with Gasteiger partial charge in [-0.25, -0.2) is 8.42 Å². The molecule has 0 saturated heterocycles. The van der Waals surface area contributed by atoms with Crippen LogP contribution in [0.2, 0.25) is 0 Å². The average molecular weight is 687 g/mol. The molecule has 47 heavy (non-hydrogen) atoms. The van der Waals surface area contributed by atoms with E-state index in [1.165, 1.54) is 7.11 Å². The number of rotatable bonds is 21. The first kappa shape index (κ1) is 42.0. The van der Waals surface area contributed by atoms with Crippen molar-refractivity contribution in [2.24, 2.45) is 23.7 Å². The van der Waals surface area contributed by atoms with Gasteiger partial charge in [-0.15, -0.1) is 0 Å². The van der Waals surface area contributed by atoms with Crippen LogP contribution in [0.3, 0.4) is 0 Å². The summed E-state index contributed by atoms with van der Waals surface area (Å²) in [4.78, 5) is 52.3. The molecule has 0 aliphatic carbocycles. The summed E-state index contributed by atoms with van der Waals surface area (Å²) in [6, 6.07) is -1.20. The van der Waals surface area contributed by atoms with Crippen molar-refractivity contribution in [2.75, 3.05) is 25.3 Å². The Hall–Kier alpha value is -3.04. The Morgan fingerprint density at radius 1 is 0.915 bits per heavy atom. The third kappa shape index (κ3) is 15.6. The highest BCUT2D eigenvalue weighted by Gasteiger charge is 2.33. The Kier molecular flexibility index (Phi) is 17.6. The zero-order valence-electron chi connectivity index (χ0n) is 29.8. The number of amides is 4. The summed E-state index contributed by atoms with van der Waals surface area (Å²) >= 11 is 0. The van der Waals surface area contributed by atoms with Crippen molar-refractivity contribution in [3.8, 4) is 0 Å². The van der Waals surface area contributed by atoms with Crippen LogP contribution in [0.1, 0.15) is 79.1 Å². The highest BCUT2D eigenvalue weighted by Crippen LogP contribution is 2.17. The van der Waals surface area contributed by atoms with Crippen LogP contribution in [0.4, 0.5) is 0 Å². The third-order valence-corrected chi connectivity index (χ3v) is 8.95. The molecule has 0 saturated carbocycles. The molecule has 0 aromatic carbocycles. The number of aromatic nitrogens is 2. The van der Waals surface area contributed by atoms with Crippen LogP contribution >= 0.6 is 0 Å². The molecule has 0 aliphatic rings. The summed E-state index contributed by atoms with van der Waals surface area (Å²) in [5.74, 6) is -4.03. The topological polar surface area (TPSA) is 198 Å². The van der Waals surface area contributed by atoms with Crippen LogP contribution in [-0.4, -0.2) is 96.5 Å². The summed E-state index contributed by atoms with van der Waals surface area (Å²) in [5, 5.41) is 26.4. The van der Waals surface area contributed by atoms with E-state index >= 15 is 0 Å². The van der Waals surface area contributed by atoms with Crippen LogP contribution < -0.4 is 21.3 Å². The predicted octanol–water partition coefficient (Wildman–Crippen LogP) is 1.22. The molecule has 4 amide bonds. The second-order valence-corrected chi connectivity index (χ2v) is 15.7. The molecule has 0 fully saturated rings. The number of aliphatic hydroxyl groups is 1. The summed E-state index contributed by atoms with van der Waals surface area (Å²) in [6.07, 6.45) is -0.957. The molecule has 5 atom stereocenters. The first-order valence-corrected chi connectivity index (χ1v) is 18.1. The number of hydrogen-bond acceptors (Lipinski definition) is 9. The molecule has 0 radical (unpaired) electrons. The molecular formula is C32H58N6O8S. The van der Waals surface area contributed by atoms with E-state index in [-0.39, 0.29) is 43.0 Å². The minimum Gasteiger partial charge on any atom is -0.391 e. The molecule has 0 unspecified atom stereocenters. The second-order valence-electron chi connectivity index (χ2n) is 13.7. The van der Waals surface area contributed by atoms with E-state index in [1.807, 2.05) is 61.5 Å². The van der Waals surface area contributed by atoms with Gasteiger partial charge in [0.1, 0.15) is 18.0 Å². The normalized spacial score (nSPS) is 15.2. The lowest BCUT2D eigenvalue weighted by molar-refractivity contribution is -0.132. The van der Waals surface area contributed by atoms with Crippen LogP contribution in [0, 0.1) is 37.5 Å². The number of sulfone groups is 1. The van der Waals surface area contributed by atoms with Crippen molar-refractivity contribution in [2.45, 2.75) is 112 Å². The molecule has 5 N–H and O–H groups in total. The van der Waals surface area contributed by atoms with E-state index in [9.17, 15) is 32.7 Å². The standard InChI is InChI=1S/C32H58N6O8S/c1-19(2)13-25(27(39)14-22(7)30(41)36-29(21(5)6)32(43)33-16-20(3)4)35-31(42)26(17-47(44,45)18-46-10)34-28(40)11-12-38-24(9)15-23(8)37-38/h15,19-22,25-27,29,39H,11-14,16-18H2,1-10H3,(H,33,43)(H,34,40)(H,35,42)(H,36,41)/t22-,25-,26+,27+,29-/m1/s1. The first-order chi connectivity index (χ1) is 21.8. The summed E-state index contributed by atoms with van der Waals surface area (Å²) < 4.78 is 31.7. The Labute approximate surface area is 280 Å². The van der Waals surface area contributed by atoms with Gasteiger partial charge in [-0.05, 0) is 50.5 Å². The van der Waals surface area contributed by atoms with Gasteiger partial charge >= 0.3 is 0 Å². The maximum absolute atomic E-state index is 13.5. The molecule has 0 spiro atoms. The zero-order valence-corrected chi connectivity index (χ0v) is 30.6. The van der Waals surface area contributed by atoms with E-state index in [0.717, 1.165) is 11.4 Å². The fourth-order valence-corrected chi connectivity index (χ4v) is 6.22. The highest BCUT2D eigenvalue weighted by atomic mass is 32.2. The number of carbonyl (C=O) groups excluding carboxylic acids is 4. The van der Waals surface area contributed by atoms with Crippen LogP contribution in [-0.2, 0) is 40.3 Å². The van der Waals surface area contributed by atoms with Crippen LogP contribution in [0.5, 0.6) is 0 Å². The Morgan fingerprint density at radius 2 is 1.55 bits per heavy atom. The number of aryl methyl sites for hydroxylation is 3. The summed E-state index contributed by atoms with van der Waals surface area (Å²) in [6.45, 7) is 17.4. The summed E-state index contributed by atoms with van der Waals surface area (Å²) in [7, 11) is -2.68.